The van der Waals surface area contributed by atoms with E-state index in [9.17, 15) is 121 Å². The molecule has 0 aromatic rings. The van der Waals surface area contributed by atoms with Crippen LogP contribution in [0.3, 0.4) is 0 Å². The van der Waals surface area contributed by atoms with Crippen molar-refractivity contribution in [2.24, 2.45) is 63.3 Å². The Balaban J connectivity index is 3.46. The van der Waals surface area contributed by atoms with Gasteiger partial charge in [-0.15, -0.1) is 0 Å². The van der Waals surface area contributed by atoms with Crippen LogP contribution < -0.4 is 103 Å². The van der Waals surface area contributed by atoms with Gasteiger partial charge in [0, 0.05) is 43.9 Å². The summed E-state index contributed by atoms with van der Waals surface area (Å²) in [7, 11) is 0. The van der Waals surface area contributed by atoms with E-state index in [0.29, 0.717) is 12.8 Å². The van der Waals surface area contributed by atoms with Gasteiger partial charge in [0.15, 0.2) is 5.96 Å². The first-order chi connectivity index (χ1) is 57.7. The normalized spacial score (nSPS) is 16.6. The fraction of sp³-hybridized carbons (Fsp3) is 0.720. The van der Waals surface area contributed by atoms with E-state index >= 15 is 0 Å². The number of nitrogens with two attached hydrogens (primary N) is 5. The van der Waals surface area contributed by atoms with Gasteiger partial charge in [-0.2, -0.15) is 25.3 Å². The second-order valence-electron chi connectivity index (χ2n) is 30.7. The Morgan fingerprint density at radius 3 is 1.25 bits per heavy atom. The second-order valence-corrected chi connectivity index (χ2v) is 31.5. The topological polar surface area (TPSA) is 757 Å². The first kappa shape index (κ1) is 110. The summed E-state index contributed by atoms with van der Waals surface area (Å²) >= 11 is 8.15. The van der Waals surface area contributed by atoms with Crippen LogP contribution in [0.25, 0.3) is 0 Å². The van der Waals surface area contributed by atoms with Gasteiger partial charge in [0.1, 0.15) is 84.6 Å². The number of rotatable bonds is 60. The van der Waals surface area contributed by atoms with E-state index < -0.39 is 302 Å². The number of hydrogen-bond donors (Lipinski definition) is 26. The molecule has 0 unspecified atom stereocenters. The predicted molar refractivity (Wildman–Crippen MR) is 449 cm³/mol. The Bertz CT molecular complexity index is 3670. The monoisotopic (exact) mass is 1790 g/mol. The number of aliphatic carboxylic acids is 4. The lowest BCUT2D eigenvalue weighted by molar-refractivity contribution is -0.144. The van der Waals surface area contributed by atoms with Crippen LogP contribution in [0, 0.1) is 29.6 Å². The van der Waals surface area contributed by atoms with Crippen molar-refractivity contribution in [1.29, 1.82) is 0 Å². The summed E-state index contributed by atoms with van der Waals surface area (Å²) < 4.78 is 0. The number of hydrogen-bond acceptors (Lipinski definition) is 26. The van der Waals surface area contributed by atoms with Crippen LogP contribution >= 0.6 is 25.3 Å². The zero-order chi connectivity index (χ0) is 93.8. The Labute approximate surface area is 723 Å². The van der Waals surface area contributed by atoms with Crippen LogP contribution in [0.2, 0.25) is 0 Å². The highest BCUT2D eigenvalue weighted by atomic mass is 32.1. The maximum absolute atomic E-state index is 14.4. The molecule has 1 rings (SSSR count). The minimum atomic E-state index is -1.91. The van der Waals surface area contributed by atoms with Crippen LogP contribution in [-0.4, -0.2) is 290 Å². The molecule has 123 heavy (non-hydrogen) atoms. The van der Waals surface area contributed by atoms with Gasteiger partial charge in [0.2, 0.25) is 94.5 Å². The van der Waals surface area contributed by atoms with Crippen molar-refractivity contribution < 1.29 is 121 Å². The Morgan fingerprint density at radius 1 is 0.431 bits per heavy atom. The van der Waals surface area contributed by atoms with Gasteiger partial charge in [0.05, 0.1) is 25.6 Å². The quantitative estimate of drug-likeness (QED) is 0.0116. The minimum Gasteiger partial charge on any atom is -0.481 e. The molecule has 0 radical (unpaired) electrons. The first-order valence-corrected chi connectivity index (χ1v) is 42.0. The van der Waals surface area contributed by atoms with E-state index in [0.717, 1.165) is 0 Å². The molecule has 29 N–H and O–H groups in total. The minimum absolute atomic E-state index is 0.0381. The van der Waals surface area contributed by atoms with Gasteiger partial charge in [-0.25, -0.2) is 4.79 Å². The molecule has 0 spiro atoms. The van der Waals surface area contributed by atoms with Crippen LogP contribution in [0.15, 0.2) is 4.99 Å². The van der Waals surface area contributed by atoms with Gasteiger partial charge >= 0.3 is 23.9 Å². The number of carboxylic acid groups (broad SMARTS) is 4. The van der Waals surface area contributed by atoms with Crippen LogP contribution in [-0.2, 0) is 95.9 Å². The third-order valence-corrected chi connectivity index (χ3v) is 21.1. The summed E-state index contributed by atoms with van der Waals surface area (Å²) in [5, 5.41) is 83.2. The van der Waals surface area contributed by atoms with Gasteiger partial charge in [-0.05, 0) is 100 Å². The van der Waals surface area contributed by atoms with Crippen molar-refractivity contribution in [3.05, 3.63) is 0 Å². The predicted octanol–water partition coefficient (Wildman–Crippen LogP) is -7.24. The number of guanidine groups is 1. The highest BCUT2D eigenvalue weighted by Gasteiger charge is 2.44. The van der Waals surface area contributed by atoms with Crippen molar-refractivity contribution in [1.82, 2.24) is 79.3 Å². The van der Waals surface area contributed by atoms with Crippen molar-refractivity contribution >= 4 is 150 Å². The Kier molecular flexibility index (Phi) is 50.9. The number of nitrogens with one attached hydrogen (secondary N) is 14. The molecular weight excluding hydrogens is 1660 g/mol. The van der Waals surface area contributed by atoms with Crippen molar-refractivity contribution in [3.8, 4) is 0 Å². The van der Waals surface area contributed by atoms with E-state index in [1.807, 2.05) is 0 Å². The van der Waals surface area contributed by atoms with E-state index in [4.69, 9.17) is 28.7 Å². The fourth-order valence-electron chi connectivity index (χ4n) is 12.3. The Morgan fingerprint density at radius 2 is 0.813 bits per heavy atom. The molecule has 0 aliphatic carbocycles. The summed E-state index contributed by atoms with van der Waals surface area (Å²) in [5.74, 6) is -26.4. The molecule has 0 bridgehead atoms. The number of carbonyl (C=O) groups is 20. The molecule has 1 saturated heterocycles. The molecule has 1 heterocycles. The molecule has 0 saturated carbocycles. The van der Waals surface area contributed by atoms with Gasteiger partial charge in [-0.1, -0.05) is 88.5 Å². The SMILES string of the molecule is CC[C@H](C)[C@H](NC(=O)[C@H](CCC(=O)O)NC(=O)[C@H](CCC(=O)O)NC(=O)[C@H](CS)NC(=O)[C@H](CCC(=O)O)NC(=O)[C@H](CCCCN)NC(=O)CNC(=O)[C@H](CO)NC(=O)[C@@H](NC(=O)[C@@H](NC(=O)[C@@H]1CCCN1C(=O)[C@@H](NC(=O)[C@H](CC(N)=O)NC(=O)[C@@H](N)CS)[C@@H](C)CC)C(C)C)C(C)C)C(=O)N[C@H](C(=O)N[C@@H](CCCN=C(N)N)C(=O)O)[C@@H](C)CC. The highest BCUT2D eigenvalue weighted by Crippen LogP contribution is 2.24. The van der Waals surface area contributed by atoms with Gasteiger partial charge in [-0.3, -0.25) is 96.1 Å². The number of thiol groups is 2. The first-order valence-electron chi connectivity index (χ1n) is 40.7. The maximum Gasteiger partial charge on any atom is 0.326 e. The molecule has 1 aliphatic heterocycles. The van der Waals surface area contributed by atoms with E-state index in [-0.39, 0.29) is 82.7 Å². The summed E-state index contributed by atoms with van der Waals surface area (Å²) in [6.45, 7) is 14.2. The van der Waals surface area contributed by atoms with Crippen molar-refractivity contribution in [3.63, 3.8) is 0 Å². The lowest BCUT2D eigenvalue weighted by atomic mass is 9.94. The zero-order valence-corrected chi connectivity index (χ0v) is 72.9. The molecule has 1 fully saturated rings. The fourth-order valence-corrected chi connectivity index (χ4v) is 12.7. The molecule has 16 amide bonds. The van der Waals surface area contributed by atoms with E-state index in [1.165, 1.54) is 18.7 Å². The molecule has 48 heteroatoms. The highest BCUT2D eigenvalue weighted by molar-refractivity contribution is 7.80. The van der Waals surface area contributed by atoms with Crippen molar-refractivity contribution in [2.45, 2.75) is 269 Å². The third-order valence-electron chi connectivity index (χ3n) is 20.3. The molecular formula is C75H129N21O25S2. The van der Waals surface area contributed by atoms with Gasteiger partial charge in [0.25, 0.3) is 0 Å². The van der Waals surface area contributed by atoms with Crippen LogP contribution in [0.4, 0.5) is 0 Å². The third kappa shape index (κ3) is 39.5. The molecule has 18 atom stereocenters. The average Bonchev–Trinajstić information content (AvgIpc) is 1.74. The van der Waals surface area contributed by atoms with Gasteiger partial charge < -0.3 is 134 Å². The Hall–Kier alpha value is -10.7. The summed E-state index contributed by atoms with van der Waals surface area (Å²) in [6.07, 6.45) is -3.68. The average molecular weight is 1790 g/mol. The largest absolute Gasteiger partial charge is 0.481 e. The van der Waals surface area contributed by atoms with E-state index in [2.05, 4.69) is 105 Å². The number of likely N-dealkylation sites (tertiary alicyclic amines) is 1. The van der Waals surface area contributed by atoms with Crippen LogP contribution in [0.1, 0.15) is 178 Å². The van der Waals surface area contributed by atoms with Crippen LogP contribution in [0.5, 0.6) is 0 Å². The number of amides is 16. The molecule has 0 aromatic carbocycles. The number of nitrogens with zero attached hydrogens (tertiary/aromatic N) is 2. The summed E-state index contributed by atoms with van der Waals surface area (Å²) in [6, 6.07) is -23.1. The molecule has 46 nitrogen and oxygen atoms in total. The number of carboxylic acids is 4. The standard InChI is InChI=1S/C75H129N21O25S2/c1-11-37(8)57(71(117)87-45(74(120)121)19-16-28-81-75(79)80)94-72(118)58(38(9)12-2)93-65(111)44(23-26-54(104)105)85-63(109)42(21-24-52(100)101)86-67(113)48(34-123)90-64(110)43(22-25-53(102)103)84-62(108)41(18-14-15-27-76)83-51(99)31-82-61(107)47(32-97)89-69(115)55(35(4)5)92-70(116)56(36(6)7)91-68(114)49-20-17-29-96(49)73(119)59(39(10)13-3)95-66(112)46(30-50(78)98)88-60(106)40(77)33-122/h35-49,55-59,97,122-123H,11-34,76-77H2,1-10H3,(H2,78,98)(H,82,107)(H,83,99)(H,84,108)(H,85,109)(H,86,113)(H,87,117)(H,88,106)(H,89,115)(H,90,110)(H,91,114)(H,92,116)(H,93,111)(H,94,118)(H,95,112)(H,100,101)(H,102,103)(H,104,105)(H,120,121)(H4,79,80,81)/t37-,38-,39-,40-,41-,42-,43-,44-,45-,46-,47-,48-,49-,55-,56-,57-,58-,59-/m0/s1. The zero-order valence-electron chi connectivity index (χ0n) is 71.1. The van der Waals surface area contributed by atoms with Crippen molar-refractivity contribution in [2.75, 3.05) is 44.3 Å². The lowest BCUT2D eigenvalue weighted by Gasteiger charge is -2.33. The number of aliphatic hydroxyl groups is 1. The smallest absolute Gasteiger partial charge is 0.326 e. The van der Waals surface area contributed by atoms with E-state index in [1.54, 1.807) is 55.4 Å². The lowest BCUT2D eigenvalue weighted by Crippen LogP contribution is -2.62. The summed E-state index contributed by atoms with van der Waals surface area (Å²) in [5.41, 5.74) is 27.6. The summed E-state index contributed by atoms with van der Waals surface area (Å²) in [4.78, 5) is 274. The number of unbranched alkanes of at least 4 members (excludes halogenated alkanes) is 1. The molecule has 696 valence electrons. The second kappa shape index (κ2) is 56.8. The number of carbonyl (C=O) groups excluding carboxylic acids is 16. The molecule has 1 aliphatic rings. The number of aliphatic hydroxyl groups excluding tert-OH is 1. The molecule has 0 aromatic heterocycles. The maximum atomic E-state index is 14.4. The number of primary amides is 1. The number of aliphatic imine (C=N–C) groups is 1.